The molecule has 114 valence electrons. The second-order valence-electron chi connectivity index (χ2n) is 3.90. The van der Waals surface area contributed by atoms with Crippen LogP contribution in [0.25, 0.3) is 0 Å². The van der Waals surface area contributed by atoms with Crippen LogP contribution in [0.4, 0.5) is 13.9 Å². The number of hydrogen-bond donors (Lipinski definition) is 3. The summed E-state index contributed by atoms with van der Waals surface area (Å²) >= 11 is 0.997. The van der Waals surface area contributed by atoms with Crippen molar-refractivity contribution in [1.29, 1.82) is 0 Å². The van der Waals surface area contributed by atoms with Crippen LogP contribution in [0.2, 0.25) is 0 Å². The van der Waals surface area contributed by atoms with E-state index in [0.29, 0.717) is 5.69 Å². The molecule has 0 aliphatic carbocycles. The van der Waals surface area contributed by atoms with Gasteiger partial charge in [0.1, 0.15) is 6.10 Å². The molecule has 11 heteroatoms. The molecule has 0 bridgehead atoms. The van der Waals surface area contributed by atoms with Gasteiger partial charge in [0.15, 0.2) is 5.13 Å². The van der Waals surface area contributed by atoms with Gasteiger partial charge in [-0.05, 0) is 0 Å². The van der Waals surface area contributed by atoms with E-state index in [1.807, 2.05) is 0 Å². The Balaban J connectivity index is 2.47. The summed E-state index contributed by atoms with van der Waals surface area (Å²) in [5.41, 5.74) is 0.296. The van der Waals surface area contributed by atoms with Crippen LogP contribution < -0.4 is 10.0 Å². The zero-order chi connectivity index (χ0) is 15.3. The molecular weight excluding hydrogens is 316 g/mol. The van der Waals surface area contributed by atoms with E-state index in [4.69, 9.17) is 5.11 Å². The van der Waals surface area contributed by atoms with Crippen LogP contribution >= 0.6 is 11.3 Å². The van der Waals surface area contributed by atoms with Gasteiger partial charge in [-0.15, -0.1) is 11.3 Å². The predicted octanol–water partition coefficient (Wildman–Crippen LogP) is -0.201. The molecule has 1 heterocycles. The van der Waals surface area contributed by atoms with Crippen molar-refractivity contribution in [2.24, 2.45) is 0 Å². The molecule has 1 amide bonds. The van der Waals surface area contributed by atoms with Crippen molar-refractivity contribution in [3.05, 3.63) is 11.1 Å². The van der Waals surface area contributed by atoms with Gasteiger partial charge in [-0.2, -0.15) is 0 Å². The van der Waals surface area contributed by atoms with Crippen LogP contribution in [-0.2, 0) is 21.2 Å². The van der Waals surface area contributed by atoms with Gasteiger partial charge in [-0.1, -0.05) is 0 Å². The fraction of sp³-hybridized carbons (Fsp3) is 0.556. The molecular formula is C9H13F2N3O4S2. The van der Waals surface area contributed by atoms with Crippen molar-refractivity contribution in [2.45, 2.75) is 19.0 Å². The van der Waals surface area contributed by atoms with Gasteiger partial charge in [0.25, 0.3) is 6.43 Å². The minimum Gasteiger partial charge on any atom is -0.385 e. The lowest BCUT2D eigenvalue weighted by molar-refractivity contribution is -0.121. The van der Waals surface area contributed by atoms with Crippen LogP contribution in [0.3, 0.4) is 0 Å². The number of thiazole rings is 1. The Kier molecular flexibility index (Phi) is 5.77. The SMILES string of the molecule is CS(=O)(=O)Nc1nc(CC(=O)NCC(O)C(F)F)cs1. The van der Waals surface area contributed by atoms with E-state index < -0.39 is 35.0 Å². The monoisotopic (exact) mass is 329 g/mol. The van der Waals surface area contributed by atoms with E-state index in [1.54, 1.807) is 0 Å². The molecule has 0 aliphatic heterocycles. The molecule has 0 saturated heterocycles. The normalized spacial score (nSPS) is 13.2. The Hall–Kier alpha value is -1.33. The highest BCUT2D eigenvalue weighted by atomic mass is 32.2. The van der Waals surface area contributed by atoms with Crippen LogP contribution in [0, 0.1) is 0 Å². The Morgan fingerprint density at radius 1 is 1.55 bits per heavy atom. The molecule has 0 saturated carbocycles. The number of nitrogens with one attached hydrogen (secondary N) is 2. The van der Waals surface area contributed by atoms with E-state index in [2.05, 4.69) is 15.0 Å². The van der Waals surface area contributed by atoms with Gasteiger partial charge >= 0.3 is 0 Å². The number of anilines is 1. The molecule has 1 rings (SSSR count). The minimum absolute atomic E-state index is 0.114. The minimum atomic E-state index is -3.44. The number of aliphatic hydroxyl groups excluding tert-OH is 1. The van der Waals surface area contributed by atoms with E-state index in [1.165, 1.54) is 5.38 Å². The number of sulfonamides is 1. The number of halogens is 2. The molecule has 0 aliphatic rings. The Morgan fingerprint density at radius 3 is 2.75 bits per heavy atom. The number of carbonyl (C=O) groups excluding carboxylic acids is 1. The van der Waals surface area contributed by atoms with E-state index in [9.17, 15) is 22.0 Å². The smallest absolute Gasteiger partial charge is 0.265 e. The second-order valence-corrected chi connectivity index (χ2v) is 6.51. The number of amides is 1. The lowest BCUT2D eigenvalue weighted by Crippen LogP contribution is -2.36. The van der Waals surface area contributed by atoms with E-state index in [0.717, 1.165) is 17.6 Å². The van der Waals surface area contributed by atoms with Gasteiger partial charge in [0.2, 0.25) is 15.9 Å². The fourth-order valence-electron chi connectivity index (χ4n) is 1.13. The standard InChI is InChI=1S/C9H13F2N3O4S2/c1-20(17,18)14-9-13-5(4-19-9)2-7(16)12-3-6(15)8(10)11/h4,6,8,15H,2-3H2,1H3,(H,12,16)(H,13,14). The number of nitrogens with zero attached hydrogens (tertiary/aromatic N) is 1. The molecule has 1 atom stereocenters. The zero-order valence-corrected chi connectivity index (χ0v) is 12.0. The highest BCUT2D eigenvalue weighted by molar-refractivity contribution is 7.92. The fourth-order valence-corrected chi connectivity index (χ4v) is 2.69. The first-order chi connectivity index (χ1) is 9.17. The third-order valence-corrected chi connectivity index (χ3v) is 3.47. The second kappa shape index (κ2) is 6.90. The molecule has 7 nitrogen and oxygen atoms in total. The summed E-state index contributed by atoms with van der Waals surface area (Å²) in [6, 6.07) is 0. The maximum atomic E-state index is 12.0. The maximum Gasteiger partial charge on any atom is 0.265 e. The van der Waals surface area contributed by atoms with Crippen molar-refractivity contribution in [2.75, 3.05) is 17.5 Å². The molecule has 1 aromatic heterocycles. The highest BCUT2D eigenvalue weighted by Gasteiger charge is 2.18. The number of hydrogen-bond acceptors (Lipinski definition) is 6. The number of rotatable bonds is 7. The molecule has 0 radical (unpaired) electrons. The molecule has 0 spiro atoms. The summed E-state index contributed by atoms with van der Waals surface area (Å²) in [6.45, 7) is -0.560. The molecule has 1 aromatic rings. The third-order valence-electron chi connectivity index (χ3n) is 1.97. The third kappa shape index (κ3) is 6.21. The van der Waals surface area contributed by atoms with Gasteiger partial charge in [0.05, 0.1) is 18.4 Å². The van der Waals surface area contributed by atoms with E-state index in [-0.39, 0.29) is 11.6 Å². The van der Waals surface area contributed by atoms with Crippen LogP contribution in [0.5, 0.6) is 0 Å². The van der Waals surface area contributed by atoms with Gasteiger partial charge < -0.3 is 10.4 Å². The molecule has 20 heavy (non-hydrogen) atoms. The first-order valence-electron chi connectivity index (χ1n) is 5.32. The quantitative estimate of drug-likeness (QED) is 0.642. The van der Waals surface area contributed by atoms with Crippen LogP contribution in [0.15, 0.2) is 5.38 Å². The summed E-state index contributed by atoms with van der Waals surface area (Å²) in [6.07, 6.45) is -4.08. The Labute approximate surface area is 118 Å². The Morgan fingerprint density at radius 2 is 2.20 bits per heavy atom. The van der Waals surface area contributed by atoms with Crippen molar-refractivity contribution in [1.82, 2.24) is 10.3 Å². The average Bonchev–Trinajstić information content (AvgIpc) is 2.70. The number of aromatic nitrogens is 1. The van der Waals surface area contributed by atoms with Crippen LogP contribution in [0.1, 0.15) is 5.69 Å². The van der Waals surface area contributed by atoms with E-state index >= 15 is 0 Å². The largest absolute Gasteiger partial charge is 0.385 e. The van der Waals surface area contributed by atoms with Gasteiger partial charge in [0, 0.05) is 11.9 Å². The molecule has 0 aromatic carbocycles. The summed E-state index contributed by atoms with van der Waals surface area (Å²) in [5.74, 6) is -0.596. The van der Waals surface area contributed by atoms with Crippen molar-refractivity contribution in [3.63, 3.8) is 0 Å². The van der Waals surface area contributed by atoms with Crippen LogP contribution in [-0.4, -0.2) is 49.7 Å². The lowest BCUT2D eigenvalue weighted by atomic mass is 10.3. The summed E-state index contributed by atoms with van der Waals surface area (Å²) < 4.78 is 48.0. The lowest BCUT2D eigenvalue weighted by Gasteiger charge is -2.09. The first kappa shape index (κ1) is 16.7. The van der Waals surface area contributed by atoms with Gasteiger partial charge in [-0.25, -0.2) is 22.2 Å². The highest BCUT2D eigenvalue weighted by Crippen LogP contribution is 2.16. The molecule has 1 unspecified atom stereocenters. The molecule has 0 fully saturated rings. The predicted molar refractivity (Wildman–Crippen MR) is 69.3 cm³/mol. The first-order valence-corrected chi connectivity index (χ1v) is 8.09. The number of alkyl halides is 2. The summed E-state index contributed by atoms with van der Waals surface area (Å²) in [5, 5.41) is 12.5. The number of carbonyl (C=O) groups is 1. The average molecular weight is 329 g/mol. The summed E-state index contributed by atoms with van der Waals surface area (Å²) in [7, 11) is -3.44. The number of aliphatic hydroxyl groups is 1. The van der Waals surface area contributed by atoms with Crippen molar-refractivity contribution >= 4 is 32.4 Å². The topological polar surface area (TPSA) is 108 Å². The maximum absolute atomic E-state index is 12.0. The van der Waals surface area contributed by atoms with Crippen molar-refractivity contribution in [3.8, 4) is 0 Å². The molecule has 3 N–H and O–H groups in total. The van der Waals surface area contributed by atoms with Crippen molar-refractivity contribution < 1.29 is 27.1 Å². The zero-order valence-electron chi connectivity index (χ0n) is 10.3. The Bertz CT molecular complexity index is 561. The summed E-state index contributed by atoms with van der Waals surface area (Å²) in [4.78, 5) is 15.2. The van der Waals surface area contributed by atoms with Gasteiger partial charge in [-0.3, -0.25) is 9.52 Å².